The fourth-order valence-electron chi connectivity index (χ4n) is 4.42. The van der Waals surface area contributed by atoms with Gasteiger partial charge in [-0.2, -0.15) is 5.10 Å². The van der Waals surface area contributed by atoms with Crippen LogP contribution in [0.1, 0.15) is 24.4 Å². The summed E-state index contributed by atoms with van der Waals surface area (Å²) in [5.41, 5.74) is 2.60. The maximum Gasteiger partial charge on any atom is 0.243 e. The van der Waals surface area contributed by atoms with E-state index in [1.807, 2.05) is 25.1 Å². The van der Waals surface area contributed by atoms with Gasteiger partial charge < -0.3 is 14.2 Å². The van der Waals surface area contributed by atoms with Gasteiger partial charge in [0.05, 0.1) is 24.8 Å². The molecule has 0 fully saturated rings. The van der Waals surface area contributed by atoms with Crippen molar-refractivity contribution in [2.75, 3.05) is 26.1 Å². The molecule has 2 unspecified atom stereocenters. The largest absolute Gasteiger partial charge is 0.494 e. The summed E-state index contributed by atoms with van der Waals surface area (Å²) >= 11 is 5.91. The fourth-order valence-corrected chi connectivity index (χ4v) is 5.65. The quantitative estimate of drug-likeness (QED) is 0.240. The van der Waals surface area contributed by atoms with E-state index in [2.05, 4.69) is 35.1 Å². The smallest absolute Gasteiger partial charge is 0.243 e. The average molecular weight is 599 g/mol. The molecule has 5 aromatic rings. The number of rotatable bonds is 10. The average Bonchev–Trinajstić information content (AvgIpc) is 3.56. The number of ether oxygens (including phenoxy) is 3. The number of methoxy groups -OCH3 is 3. The Morgan fingerprint density at radius 3 is 2.34 bits per heavy atom. The second-order valence-corrected chi connectivity index (χ2v) is 11.6. The van der Waals surface area contributed by atoms with E-state index >= 15 is 0 Å². The van der Waals surface area contributed by atoms with E-state index in [1.54, 1.807) is 18.2 Å². The van der Waals surface area contributed by atoms with Crippen molar-refractivity contribution in [3.05, 3.63) is 65.2 Å². The van der Waals surface area contributed by atoms with Crippen LogP contribution in [0.15, 0.2) is 48.8 Å². The second-order valence-electron chi connectivity index (χ2n) is 9.08. The van der Waals surface area contributed by atoms with Gasteiger partial charge in [-0.05, 0) is 38.1 Å². The molecular formula is C26H27ClN8O5S. The molecule has 15 heteroatoms. The van der Waals surface area contributed by atoms with Gasteiger partial charge in [0.25, 0.3) is 0 Å². The van der Waals surface area contributed by atoms with Crippen LogP contribution in [0.2, 0.25) is 5.02 Å². The number of aromatic amines is 1. The van der Waals surface area contributed by atoms with Gasteiger partial charge >= 0.3 is 0 Å². The molecule has 3 aromatic heterocycles. The number of aryl methyl sites for hydroxylation is 1. The van der Waals surface area contributed by atoms with Crippen molar-refractivity contribution in [1.29, 1.82) is 0 Å². The first-order valence-corrected chi connectivity index (χ1v) is 14.2. The molecule has 0 aliphatic heterocycles. The zero-order valence-electron chi connectivity index (χ0n) is 22.8. The Bertz CT molecular complexity index is 1780. The number of benzene rings is 2. The Morgan fingerprint density at radius 1 is 1.02 bits per heavy atom. The fraction of sp³-hybridized carbons (Fsp3) is 0.269. The van der Waals surface area contributed by atoms with Gasteiger partial charge in [-0.15, -0.1) is 10.2 Å². The van der Waals surface area contributed by atoms with Crippen LogP contribution in [-0.2, 0) is 14.8 Å². The summed E-state index contributed by atoms with van der Waals surface area (Å²) in [5, 5.41) is 16.0. The first kappa shape index (κ1) is 28.3. The third-order valence-corrected chi connectivity index (χ3v) is 8.41. The predicted octanol–water partition coefficient (Wildman–Crippen LogP) is 4.10. The van der Waals surface area contributed by atoms with E-state index < -0.39 is 21.4 Å². The van der Waals surface area contributed by atoms with Crippen molar-refractivity contribution in [3.8, 4) is 28.7 Å². The number of H-pyrrole nitrogens is 1. The summed E-state index contributed by atoms with van der Waals surface area (Å²) in [6.07, 6.45) is 1.73. The van der Waals surface area contributed by atoms with Crippen molar-refractivity contribution in [2.45, 2.75) is 25.2 Å². The van der Waals surface area contributed by atoms with Crippen molar-refractivity contribution in [2.24, 2.45) is 0 Å². The number of nitrogens with one attached hydrogen (secondary N) is 2. The van der Waals surface area contributed by atoms with Crippen LogP contribution < -0.4 is 14.2 Å². The molecule has 0 amide bonds. The number of fused-ring (bicyclic) bond motifs is 1. The monoisotopic (exact) mass is 598 g/mol. The maximum absolute atomic E-state index is 13.7. The van der Waals surface area contributed by atoms with Gasteiger partial charge in [0.1, 0.15) is 34.2 Å². The number of hydrogen-bond donors (Lipinski definition) is 2. The summed E-state index contributed by atoms with van der Waals surface area (Å²) in [4.78, 5) is 8.27. The predicted molar refractivity (Wildman–Crippen MR) is 153 cm³/mol. The van der Waals surface area contributed by atoms with E-state index in [-0.39, 0.29) is 17.6 Å². The zero-order valence-corrected chi connectivity index (χ0v) is 24.4. The van der Waals surface area contributed by atoms with Crippen molar-refractivity contribution in [1.82, 2.24) is 34.9 Å². The Labute approximate surface area is 240 Å². The molecule has 2 N–H and O–H groups in total. The first-order chi connectivity index (χ1) is 19.7. The molecule has 2 aromatic carbocycles. The van der Waals surface area contributed by atoms with Crippen molar-refractivity contribution in [3.63, 3.8) is 0 Å². The summed E-state index contributed by atoms with van der Waals surface area (Å²) in [5.74, 6) is 1.06. The van der Waals surface area contributed by atoms with Crippen LogP contribution in [0.4, 0.5) is 5.95 Å². The highest BCUT2D eigenvalue weighted by Gasteiger charge is 2.35. The normalized spacial score (nSPS) is 13.2. The Hall–Kier alpha value is -4.27. The number of halogens is 1. The number of sulfonamides is 1. The third kappa shape index (κ3) is 5.28. The molecule has 0 radical (unpaired) electrons. The lowest BCUT2D eigenvalue weighted by Crippen LogP contribution is -2.33. The Morgan fingerprint density at radius 2 is 1.71 bits per heavy atom. The molecule has 0 spiro atoms. The van der Waals surface area contributed by atoms with E-state index in [0.29, 0.717) is 27.9 Å². The summed E-state index contributed by atoms with van der Waals surface area (Å²) in [7, 11) is 0.190. The van der Waals surface area contributed by atoms with Crippen molar-refractivity contribution >= 4 is 38.5 Å². The molecule has 214 valence electrons. The second kappa shape index (κ2) is 11.3. The first-order valence-electron chi connectivity index (χ1n) is 12.3. The van der Waals surface area contributed by atoms with Crippen LogP contribution in [0.3, 0.4) is 0 Å². The van der Waals surface area contributed by atoms with Crippen LogP contribution >= 0.6 is 11.6 Å². The van der Waals surface area contributed by atoms with E-state index in [4.69, 9.17) is 25.8 Å². The number of anilines is 1. The molecule has 0 aliphatic carbocycles. The molecule has 0 bridgehead atoms. The third-order valence-electron chi connectivity index (χ3n) is 6.52. The molecule has 3 heterocycles. The minimum Gasteiger partial charge on any atom is -0.494 e. The molecule has 0 saturated carbocycles. The minimum atomic E-state index is -4.18. The van der Waals surface area contributed by atoms with Gasteiger partial charge in [-0.3, -0.25) is 14.4 Å². The molecule has 0 saturated heterocycles. The summed E-state index contributed by atoms with van der Waals surface area (Å²) in [6, 6.07) is 11.0. The van der Waals surface area contributed by atoms with Crippen LogP contribution in [0.5, 0.6) is 11.5 Å². The highest BCUT2D eigenvalue weighted by Crippen LogP contribution is 2.39. The Kier molecular flexibility index (Phi) is 7.80. The lowest BCUT2D eigenvalue weighted by Gasteiger charge is -2.22. The molecular weight excluding hydrogens is 572 g/mol. The van der Waals surface area contributed by atoms with Gasteiger partial charge in [0, 0.05) is 24.9 Å². The summed E-state index contributed by atoms with van der Waals surface area (Å²) in [6.45, 7) is 3.44. The van der Waals surface area contributed by atoms with E-state index in [1.165, 1.54) is 45.2 Å². The van der Waals surface area contributed by atoms with Crippen LogP contribution in [-0.4, -0.2) is 69.9 Å². The molecule has 5 rings (SSSR count). The van der Waals surface area contributed by atoms with Crippen LogP contribution in [0.25, 0.3) is 28.1 Å². The number of para-hydroxylation sites is 1. The lowest BCUT2D eigenvalue weighted by molar-refractivity contribution is 0.0950. The van der Waals surface area contributed by atoms with Crippen molar-refractivity contribution < 1.29 is 22.6 Å². The maximum atomic E-state index is 13.7. The van der Waals surface area contributed by atoms with Gasteiger partial charge in [-0.1, -0.05) is 29.3 Å². The van der Waals surface area contributed by atoms with E-state index in [9.17, 15) is 8.42 Å². The lowest BCUT2D eigenvalue weighted by atomic mass is 10.1. The number of aromatic nitrogens is 7. The molecule has 0 aliphatic rings. The highest BCUT2D eigenvalue weighted by atomic mass is 35.5. The Balaban J connectivity index is 1.67. The van der Waals surface area contributed by atoms with Gasteiger partial charge in [-0.25, -0.2) is 18.4 Å². The summed E-state index contributed by atoms with van der Waals surface area (Å²) < 4.78 is 48.3. The molecule has 13 nitrogen and oxygen atoms in total. The standard InChI is InChI=1S/C26H27ClN8O5S/c1-14-9-10-18-17(11-14)21(31-30-18)25-32-33-26(35(25)22-19(38-3)7-6-8-20(22)39-4)34-41(36,37)15(2)23(40-5)24-28-12-16(27)13-29-24/h6-13,15,23H,1-5H3,(H,30,31)(H,33,34). The molecule has 41 heavy (non-hydrogen) atoms. The zero-order chi connectivity index (χ0) is 29.3. The number of hydrogen-bond acceptors (Lipinski definition) is 10. The SMILES string of the molecule is COc1cccc(OC)c1-n1c(NS(=O)(=O)C(C)C(OC)c2ncc(Cl)cn2)nnc1-c1n[nH]c2ccc(C)cc12. The minimum absolute atomic E-state index is 0.120. The topological polar surface area (TPSA) is 159 Å². The van der Waals surface area contributed by atoms with Crippen LogP contribution in [0, 0.1) is 6.92 Å². The molecule has 2 atom stereocenters. The number of nitrogens with zero attached hydrogens (tertiary/aromatic N) is 6. The highest BCUT2D eigenvalue weighted by molar-refractivity contribution is 7.93. The van der Waals surface area contributed by atoms with Gasteiger partial charge in [0.2, 0.25) is 16.0 Å². The van der Waals surface area contributed by atoms with Gasteiger partial charge in [0.15, 0.2) is 11.6 Å². The van der Waals surface area contributed by atoms with E-state index in [0.717, 1.165) is 16.5 Å².